The highest BCUT2D eigenvalue weighted by Gasteiger charge is 2.14. The molecule has 0 aliphatic heterocycles. The Morgan fingerprint density at radius 1 is 1.20 bits per heavy atom. The van der Waals surface area contributed by atoms with Gasteiger partial charge in [-0.25, -0.2) is 13.9 Å². The highest BCUT2D eigenvalue weighted by atomic mass is 35.5. The van der Waals surface area contributed by atoms with E-state index in [4.69, 9.17) is 16.7 Å². The Hall–Kier alpha value is -3.00. The van der Waals surface area contributed by atoms with Crippen LogP contribution < -0.4 is 10.8 Å². The summed E-state index contributed by atoms with van der Waals surface area (Å²) in [5.41, 5.74) is 0.227. The van der Waals surface area contributed by atoms with Crippen LogP contribution in [-0.2, 0) is 4.79 Å². The molecule has 2 N–H and O–H groups in total. The fraction of sp³-hybridized carbons (Fsp3) is 0.125. The van der Waals surface area contributed by atoms with Crippen molar-refractivity contribution in [1.29, 1.82) is 0 Å². The first kappa shape index (κ1) is 16.8. The van der Waals surface area contributed by atoms with Crippen LogP contribution in [0.1, 0.15) is 12.8 Å². The molecule has 128 valence electrons. The van der Waals surface area contributed by atoms with Crippen LogP contribution in [-0.4, -0.2) is 30.8 Å². The van der Waals surface area contributed by atoms with Gasteiger partial charge in [-0.15, -0.1) is 0 Å². The molecule has 2 heterocycles. The van der Waals surface area contributed by atoms with Gasteiger partial charge in [0.15, 0.2) is 11.0 Å². The predicted octanol–water partition coefficient (Wildman–Crippen LogP) is 1.80. The Morgan fingerprint density at radius 3 is 2.64 bits per heavy atom. The molecule has 0 unspecified atom stereocenters. The van der Waals surface area contributed by atoms with Crippen LogP contribution >= 0.6 is 11.6 Å². The van der Waals surface area contributed by atoms with Crippen molar-refractivity contribution in [2.24, 2.45) is 0 Å². The maximum Gasteiger partial charge on any atom is 0.303 e. The number of rotatable bonds is 4. The lowest BCUT2D eigenvalue weighted by Crippen LogP contribution is -2.34. The molecule has 2 aromatic heterocycles. The van der Waals surface area contributed by atoms with Crippen molar-refractivity contribution in [3.63, 3.8) is 0 Å². The number of hydrogen-bond donors (Lipinski definition) is 2. The lowest BCUT2D eigenvalue weighted by atomic mass is 10.1. The molecule has 25 heavy (non-hydrogen) atoms. The van der Waals surface area contributed by atoms with Crippen LogP contribution in [0.3, 0.4) is 0 Å². The molecule has 0 spiro atoms. The molecule has 0 aliphatic rings. The molecule has 0 fully saturated rings. The van der Waals surface area contributed by atoms with E-state index < -0.39 is 23.0 Å². The van der Waals surface area contributed by atoms with Crippen LogP contribution in [0.4, 0.5) is 4.39 Å². The molecule has 9 heteroatoms. The number of fused-ring (bicyclic) bond motifs is 1. The average molecular weight is 364 g/mol. The first-order chi connectivity index (χ1) is 11.9. The summed E-state index contributed by atoms with van der Waals surface area (Å²) in [4.78, 5) is 27.1. The minimum absolute atomic E-state index is 0.153. The first-order valence-corrected chi connectivity index (χ1v) is 7.52. The summed E-state index contributed by atoms with van der Waals surface area (Å²) < 4.78 is 14.7. The van der Waals surface area contributed by atoms with Gasteiger partial charge in [-0.3, -0.25) is 9.59 Å². The number of carboxylic acids is 1. The zero-order valence-electron chi connectivity index (χ0n) is 12.6. The second-order valence-corrected chi connectivity index (χ2v) is 5.70. The van der Waals surface area contributed by atoms with Crippen molar-refractivity contribution in [3.8, 4) is 11.1 Å². The summed E-state index contributed by atoms with van der Waals surface area (Å²) in [6, 6.07) is 4.98. The number of halogens is 2. The van der Waals surface area contributed by atoms with Gasteiger partial charge in [-0.05, 0) is 29.8 Å². The number of aliphatic hydroxyl groups is 1. The second-order valence-electron chi connectivity index (χ2n) is 5.26. The van der Waals surface area contributed by atoms with Gasteiger partial charge in [0, 0.05) is 17.0 Å². The van der Waals surface area contributed by atoms with Crippen molar-refractivity contribution < 1.29 is 19.4 Å². The van der Waals surface area contributed by atoms with Crippen molar-refractivity contribution in [3.05, 3.63) is 57.0 Å². The van der Waals surface area contributed by atoms with Gasteiger partial charge < -0.3 is 10.2 Å². The number of carboxylic acid groups (broad SMARTS) is 1. The van der Waals surface area contributed by atoms with Crippen molar-refractivity contribution in [2.45, 2.75) is 12.8 Å². The molecule has 0 bridgehead atoms. The highest BCUT2D eigenvalue weighted by molar-refractivity contribution is 6.30. The third-order valence-corrected chi connectivity index (χ3v) is 3.75. The Balaban J connectivity index is 2.28. The van der Waals surface area contributed by atoms with E-state index in [1.165, 1.54) is 24.5 Å². The van der Waals surface area contributed by atoms with Gasteiger partial charge in [0.05, 0.1) is 6.42 Å². The number of carbonyl (C=O) groups is 1. The molecule has 1 aromatic carbocycles. The van der Waals surface area contributed by atoms with E-state index in [1.807, 2.05) is 0 Å². The average Bonchev–Trinajstić information content (AvgIpc) is 2.99. The fourth-order valence-corrected chi connectivity index (χ4v) is 2.71. The Labute approximate surface area is 144 Å². The number of aromatic nitrogens is 3. The first-order valence-electron chi connectivity index (χ1n) is 7.14. The van der Waals surface area contributed by atoms with E-state index in [2.05, 4.69) is 10.1 Å². The number of benzene rings is 1. The molecular formula is C16H11ClFN3O4. The fourth-order valence-electron chi connectivity index (χ4n) is 2.49. The lowest BCUT2D eigenvalue weighted by molar-refractivity contribution is -0.136. The number of hydrogen-bond acceptors (Lipinski definition) is 5. The third-order valence-electron chi connectivity index (χ3n) is 3.53. The zero-order chi connectivity index (χ0) is 18.1. The summed E-state index contributed by atoms with van der Waals surface area (Å²) >= 11 is 5.86. The maximum atomic E-state index is 13.6. The molecule has 3 aromatic rings. The van der Waals surface area contributed by atoms with Crippen LogP contribution in [0.5, 0.6) is 0 Å². The molecule has 3 rings (SSSR count). The molecule has 0 radical (unpaired) electrons. The van der Waals surface area contributed by atoms with Gasteiger partial charge in [-0.1, -0.05) is 11.6 Å². The maximum absolute atomic E-state index is 13.6. The Morgan fingerprint density at radius 2 is 1.96 bits per heavy atom. The van der Waals surface area contributed by atoms with E-state index in [-0.39, 0.29) is 28.9 Å². The number of aliphatic hydroxyl groups excluding tert-OH is 1. The van der Waals surface area contributed by atoms with Crippen molar-refractivity contribution in [1.82, 2.24) is 14.6 Å². The summed E-state index contributed by atoms with van der Waals surface area (Å²) in [6.45, 7) is 0. The van der Waals surface area contributed by atoms with Gasteiger partial charge >= 0.3 is 5.97 Å². The molecule has 7 nitrogen and oxygen atoms in total. The van der Waals surface area contributed by atoms with E-state index in [9.17, 15) is 19.1 Å². The van der Waals surface area contributed by atoms with E-state index in [1.54, 1.807) is 0 Å². The molecule has 0 atom stereocenters. The van der Waals surface area contributed by atoms with Crippen molar-refractivity contribution in [2.75, 3.05) is 0 Å². The van der Waals surface area contributed by atoms with Crippen LogP contribution in [0.2, 0.25) is 5.02 Å². The van der Waals surface area contributed by atoms with Gasteiger partial charge in [0.2, 0.25) is 5.43 Å². The summed E-state index contributed by atoms with van der Waals surface area (Å²) in [5.74, 6) is -2.10. The lowest BCUT2D eigenvalue weighted by Gasteiger charge is -2.06. The molecule has 0 saturated carbocycles. The Kier molecular flexibility index (Phi) is 4.37. The molecule has 0 saturated heterocycles. The zero-order valence-corrected chi connectivity index (χ0v) is 13.4. The minimum atomic E-state index is -1.11. The molecular weight excluding hydrogens is 353 g/mol. The standard InChI is InChI=1S/C16H11ClFN3O4/c17-9-3-8(4-10(18)5-9)11-6-13(23)15(12(22)1-2-14(24)25)21-16(11)19-7-20-21/h3-7,22H,1-2H2,(H,24,25)/b15-12-. The topological polar surface area (TPSA) is 105 Å². The van der Waals surface area contributed by atoms with Crippen LogP contribution in [0.25, 0.3) is 22.5 Å². The summed E-state index contributed by atoms with van der Waals surface area (Å²) in [7, 11) is 0. The minimum Gasteiger partial charge on any atom is -0.510 e. The number of nitrogens with zero attached hydrogens (tertiary/aromatic N) is 3. The molecule has 0 amide bonds. The third kappa shape index (κ3) is 3.29. The van der Waals surface area contributed by atoms with Gasteiger partial charge in [0.1, 0.15) is 17.9 Å². The van der Waals surface area contributed by atoms with E-state index in [0.29, 0.717) is 11.1 Å². The normalized spacial score (nSPS) is 12.4. The van der Waals surface area contributed by atoms with Gasteiger partial charge in [-0.2, -0.15) is 5.10 Å². The molecule has 0 aliphatic carbocycles. The second kappa shape index (κ2) is 6.48. The largest absolute Gasteiger partial charge is 0.510 e. The van der Waals surface area contributed by atoms with E-state index in [0.717, 1.165) is 10.6 Å². The smallest absolute Gasteiger partial charge is 0.303 e. The van der Waals surface area contributed by atoms with Crippen LogP contribution in [0, 0.1) is 5.82 Å². The summed E-state index contributed by atoms with van der Waals surface area (Å²) in [5, 5.41) is 22.7. The SMILES string of the molecule is O=C(O)CC/C(O)=c1\c(=O)cc(-c2cc(F)cc(Cl)c2)c2ncnn12. The summed E-state index contributed by atoms with van der Waals surface area (Å²) in [6.07, 6.45) is 0.598. The quantitative estimate of drug-likeness (QED) is 0.732. The van der Waals surface area contributed by atoms with Crippen molar-refractivity contribution >= 4 is 29.0 Å². The number of aliphatic carboxylic acids is 1. The van der Waals surface area contributed by atoms with Crippen LogP contribution in [0.15, 0.2) is 35.4 Å². The number of pyridine rings is 1. The van der Waals surface area contributed by atoms with E-state index >= 15 is 0 Å². The van der Waals surface area contributed by atoms with Gasteiger partial charge in [0.25, 0.3) is 0 Å². The predicted molar refractivity (Wildman–Crippen MR) is 87.8 cm³/mol. The Bertz CT molecular complexity index is 1080. The monoisotopic (exact) mass is 363 g/mol. The highest BCUT2D eigenvalue weighted by Crippen LogP contribution is 2.25.